The molecule has 0 fully saturated rings. The highest BCUT2D eigenvalue weighted by Gasteiger charge is 2.20. The first kappa shape index (κ1) is 25.9. The average molecular weight is 393 g/mol. The lowest BCUT2D eigenvalue weighted by Gasteiger charge is -2.12. The monoisotopic (exact) mass is 392 g/mol. The van der Waals surface area contributed by atoms with Crippen molar-refractivity contribution < 1.29 is 18.1 Å². The van der Waals surface area contributed by atoms with Gasteiger partial charge in [-0.3, -0.25) is 4.55 Å². The quantitative estimate of drug-likeness (QED) is 0.200. The zero-order valence-corrected chi connectivity index (χ0v) is 18.1. The lowest BCUT2D eigenvalue weighted by molar-refractivity contribution is 0.147. The van der Waals surface area contributed by atoms with Crippen LogP contribution >= 0.6 is 0 Å². The first-order chi connectivity index (χ1) is 12.4. The summed E-state index contributed by atoms with van der Waals surface area (Å²) in [5.74, 6) is 0. The minimum absolute atomic E-state index is 0.106. The molecule has 2 atom stereocenters. The van der Waals surface area contributed by atoms with Crippen LogP contribution in [0.2, 0.25) is 0 Å². The summed E-state index contributed by atoms with van der Waals surface area (Å²) in [5, 5.41) is 9.36. The minimum Gasteiger partial charge on any atom is -0.393 e. The molecular weight excluding hydrogens is 348 g/mol. The van der Waals surface area contributed by atoms with E-state index in [-0.39, 0.29) is 6.10 Å². The lowest BCUT2D eigenvalue weighted by Crippen LogP contribution is -2.20. The van der Waals surface area contributed by atoms with Crippen molar-refractivity contribution in [1.82, 2.24) is 0 Å². The maximum Gasteiger partial charge on any atom is 0.267 e. The van der Waals surface area contributed by atoms with Crippen molar-refractivity contribution in [2.45, 2.75) is 134 Å². The first-order valence-electron chi connectivity index (χ1n) is 11.1. The van der Waals surface area contributed by atoms with Gasteiger partial charge in [-0.05, 0) is 25.7 Å². The Morgan fingerprint density at radius 1 is 0.615 bits per heavy atom. The van der Waals surface area contributed by atoms with Gasteiger partial charge in [-0.15, -0.1) is 0 Å². The molecule has 0 bridgehead atoms. The van der Waals surface area contributed by atoms with Crippen molar-refractivity contribution >= 4 is 10.1 Å². The van der Waals surface area contributed by atoms with Crippen LogP contribution in [0.3, 0.4) is 0 Å². The molecule has 0 amide bonds. The van der Waals surface area contributed by atoms with Crippen molar-refractivity contribution in [3.05, 3.63) is 0 Å². The normalized spacial score (nSPS) is 14.5. The summed E-state index contributed by atoms with van der Waals surface area (Å²) >= 11 is 0. The van der Waals surface area contributed by atoms with Crippen LogP contribution in [0.15, 0.2) is 0 Å². The Labute approximate surface area is 162 Å². The Morgan fingerprint density at radius 3 is 1.46 bits per heavy atom. The summed E-state index contributed by atoms with van der Waals surface area (Å²) in [5.41, 5.74) is 0. The van der Waals surface area contributed by atoms with E-state index in [0.717, 1.165) is 51.4 Å². The van der Waals surface area contributed by atoms with Gasteiger partial charge in [0.2, 0.25) is 0 Å². The van der Waals surface area contributed by atoms with Gasteiger partial charge in [0, 0.05) is 0 Å². The van der Waals surface area contributed by atoms with E-state index in [9.17, 15) is 18.1 Å². The fourth-order valence-electron chi connectivity index (χ4n) is 3.53. The van der Waals surface area contributed by atoms with E-state index in [0.29, 0.717) is 12.8 Å². The van der Waals surface area contributed by atoms with Crippen LogP contribution in [0.4, 0.5) is 0 Å². The van der Waals surface area contributed by atoms with Crippen molar-refractivity contribution in [3.8, 4) is 0 Å². The number of aliphatic hydroxyl groups is 1. The van der Waals surface area contributed by atoms with E-state index in [2.05, 4.69) is 6.92 Å². The Hall–Kier alpha value is -0.130. The molecule has 0 rings (SSSR count). The highest BCUT2D eigenvalue weighted by Crippen LogP contribution is 2.17. The second-order valence-corrected chi connectivity index (χ2v) is 9.53. The fraction of sp³-hybridized carbons (Fsp3) is 1.00. The number of unbranched alkanes of at least 4 members (excludes halogenated alkanes) is 10. The Kier molecular flexibility index (Phi) is 16.9. The fourth-order valence-corrected chi connectivity index (χ4v) is 4.53. The number of rotatable bonds is 19. The third kappa shape index (κ3) is 16.1. The standard InChI is InChI=1S/C21H44O4S/c1-3-5-6-13-17-20(22)18-14-11-9-7-8-10-12-15-19-21(16-4-2)26(23,24)25/h20-22H,3-19H2,1-2H3,(H,23,24,25). The van der Waals surface area contributed by atoms with Gasteiger partial charge in [-0.1, -0.05) is 97.3 Å². The van der Waals surface area contributed by atoms with Crippen molar-refractivity contribution in [3.63, 3.8) is 0 Å². The Balaban J connectivity index is 3.43. The molecule has 0 heterocycles. The molecule has 2 N–H and O–H groups in total. The van der Waals surface area contributed by atoms with E-state index >= 15 is 0 Å². The smallest absolute Gasteiger partial charge is 0.267 e. The van der Waals surface area contributed by atoms with Gasteiger partial charge in [0.05, 0.1) is 11.4 Å². The number of aliphatic hydroxyl groups excluding tert-OH is 1. The van der Waals surface area contributed by atoms with Gasteiger partial charge in [0.25, 0.3) is 10.1 Å². The third-order valence-electron chi connectivity index (χ3n) is 5.24. The number of hydrogen-bond acceptors (Lipinski definition) is 3. The molecule has 0 aromatic heterocycles. The Bertz CT molecular complexity index is 395. The van der Waals surface area contributed by atoms with E-state index in [1.807, 2.05) is 6.92 Å². The summed E-state index contributed by atoms with van der Waals surface area (Å²) in [7, 11) is -3.87. The molecule has 0 saturated carbocycles. The lowest BCUT2D eigenvalue weighted by atomic mass is 10.0. The van der Waals surface area contributed by atoms with Crippen LogP contribution in [0, 0.1) is 0 Å². The topological polar surface area (TPSA) is 74.6 Å². The maximum absolute atomic E-state index is 11.3. The molecule has 5 heteroatoms. The molecule has 0 aromatic rings. The summed E-state index contributed by atoms with van der Waals surface area (Å²) in [6, 6.07) is 0. The van der Waals surface area contributed by atoms with Gasteiger partial charge in [-0.2, -0.15) is 8.42 Å². The first-order valence-corrected chi connectivity index (χ1v) is 12.6. The van der Waals surface area contributed by atoms with Crippen LogP contribution in [-0.2, 0) is 10.1 Å². The van der Waals surface area contributed by atoms with Crippen LogP contribution in [0.1, 0.15) is 123 Å². The molecule has 4 nitrogen and oxygen atoms in total. The van der Waals surface area contributed by atoms with Crippen molar-refractivity contribution in [1.29, 1.82) is 0 Å². The van der Waals surface area contributed by atoms with Crippen LogP contribution in [0.5, 0.6) is 0 Å². The summed E-state index contributed by atoms with van der Waals surface area (Å²) in [6.45, 7) is 4.16. The average Bonchev–Trinajstić information content (AvgIpc) is 2.58. The molecule has 0 aromatic carbocycles. The van der Waals surface area contributed by atoms with Gasteiger partial charge in [0.15, 0.2) is 0 Å². The predicted octanol–water partition coefficient (Wildman–Crippen LogP) is 6.28. The summed E-state index contributed by atoms with van der Waals surface area (Å²) in [4.78, 5) is 0. The predicted molar refractivity (Wildman–Crippen MR) is 111 cm³/mol. The van der Waals surface area contributed by atoms with E-state index in [1.54, 1.807) is 0 Å². The van der Waals surface area contributed by atoms with E-state index in [4.69, 9.17) is 0 Å². The Morgan fingerprint density at radius 2 is 1.04 bits per heavy atom. The van der Waals surface area contributed by atoms with Crippen LogP contribution in [0.25, 0.3) is 0 Å². The zero-order chi connectivity index (χ0) is 19.7. The maximum atomic E-state index is 11.3. The SMILES string of the molecule is CCCCCCC(O)CCCCCCCCCCC(CCC)S(=O)(=O)O. The highest BCUT2D eigenvalue weighted by molar-refractivity contribution is 7.86. The molecule has 0 aliphatic heterocycles. The largest absolute Gasteiger partial charge is 0.393 e. The van der Waals surface area contributed by atoms with Gasteiger partial charge < -0.3 is 5.11 Å². The molecule has 0 spiro atoms. The van der Waals surface area contributed by atoms with E-state index < -0.39 is 15.4 Å². The molecule has 0 aliphatic rings. The van der Waals surface area contributed by atoms with Crippen LogP contribution in [-0.4, -0.2) is 29.4 Å². The summed E-state index contributed by atoms with van der Waals surface area (Å²) < 4.78 is 31.7. The molecule has 0 saturated heterocycles. The second-order valence-electron chi connectivity index (χ2n) is 7.83. The summed E-state index contributed by atoms with van der Waals surface area (Å²) in [6.07, 6.45) is 17.7. The third-order valence-corrected chi connectivity index (χ3v) is 6.55. The number of hydrogen-bond donors (Lipinski definition) is 2. The molecular formula is C21H44O4S. The highest BCUT2D eigenvalue weighted by atomic mass is 32.2. The second kappa shape index (κ2) is 17.0. The zero-order valence-electron chi connectivity index (χ0n) is 17.3. The molecule has 26 heavy (non-hydrogen) atoms. The molecule has 0 aliphatic carbocycles. The minimum atomic E-state index is -3.87. The molecule has 2 unspecified atom stereocenters. The van der Waals surface area contributed by atoms with Crippen molar-refractivity contribution in [2.75, 3.05) is 0 Å². The van der Waals surface area contributed by atoms with Gasteiger partial charge in [0.1, 0.15) is 0 Å². The molecule has 0 radical (unpaired) electrons. The van der Waals surface area contributed by atoms with Gasteiger partial charge in [-0.25, -0.2) is 0 Å². The van der Waals surface area contributed by atoms with E-state index in [1.165, 1.54) is 44.9 Å². The van der Waals surface area contributed by atoms with Crippen molar-refractivity contribution in [2.24, 2.45) is 0 Å². The van der Waals surface area contributed by atoms with Gasteiger partial charge >= 0.3 is 0 Å². The molecule has 158 valence electrons. The van der Waals surface area contributed by atoms with Crippen LogP contribution < -0.4 is 0 Å².